The molecule has 2 aromatic carbocycles. The lowest BCUT2D eigenvalue weighted by Gasteiger charge is -2.10. The first-order valence-corrected chi connectivity index (χ1v) is 6.69. The number of rotatable bonds is 1. The van der Waals surface area contributed by atoms with Crippen LogP contribution in [-0.2, 0) is 0 Å². The maximum absolute atomic E-state index is 5.55. The van der Waals surface area contributed by atoms with Crippen molar-refractivity contribution in [2.75, 3.05) is 6.79 Å². The van der Waals surface area contributed by atoms with Gasteiger partial charge in [-0.05, 0) is 18.2 Å². The van der Waals surface area contributed by atoms with Gasteiger partial charge >= 0.3 is 0 Å². The molecule has 0 radical (unpaired) electrons. The molecule has 0 fully saturated rings. The van der Waals surface area contributed by atoms with Crippen molar-refractivity contribution in [2.45, 2.75) is 0 Å². The molecule has 0 saturated heterocycles. The predicted octanol–water partition coefficient (Wildman–Crippen LogP) is 4.61. The molecule has 0 atom stereocenters. The van der Waals surface area contributed by atoms with Gasteiger partial charge in [-0.3, -0.25) is 0 Å². The fourth-order valence-electron chi connectivity index (χ4n) is 1.86. The minimum atomic E-state index is 0.281. The van der Waals surface area contributed by atoms with E-state index in [1.54, 1.807) is 0 Å². The summed E-state index contributed by atoms with van der Waals surface area (Å²) in [6, 6.07) is 11.9. The van der Waals surface area contributed by atoms with Crippen LogP contribution in [0.5, 0.6) is 11.5 Å². The first-order valence-electron chi connectivity index (χ1n) is 5.10. The van der Waals surface area contributed by atoms with E-state index in [4.69, 9.17) is 9.47 Å². The lowest BCUT2D eigenvalue weighted by molar-refractivity contribution is 0.174. The highest BCUT2D eigenvalue weighted by Crippen LogP contribution is 2.47. The highest BCUT2D eigenvalue weighted by Gasteiger charge is 2.22. The van der Waals surface area contributed by atoms with E-state index < -0.39 is 0 Å². The molecule has 0 amide bonds. The fourth-order valence-corrected chi connectivity index (χ4v) is 2.87. The van der Waals surface area contributed by atoms with Crippen molar-refractivity contribution in [3.8, 4) is 22.6 Å². The average Bonchev–Trinajstić information content (AvgIpc) is 2.79. The highest BCUT2D eigenvalue weighted by atomic mass is 79.9. The zero-order valence-electron chi connectivity index (χ0n) is 8.74. The van der Waals surface area contributed by atoms with Gasteiger partial charge in [0.2, 0.25) is 6.79 Å². The monoisotopic (exact) mass is 354 g/mol. The molecule has 2 aromatic rings. The molecule has 0 bridgehead atoms. The van der Waals surface area contributed by atoms with Gasteiger partial charge < -0.3 is 9.47 Å². The number of ether oxygens (including phenoxy) is 2. The van der Waals surface area contributed by atoms with Crippen LogP contribution in [0.4, 0.5) is 0 Å². The first kappa shape index (κ1) is 11.1. The summed E-state index contributed by atoms with van der Waals surface area (Å²) in [5.41, 5.74) is 2.11. The number of halogens is 2. The standard InChI is InChI=1S/C13H8Br2O2/c14-9-4-2-1-3-8(9)12-10(15)5-6-11-13(12)17-7-16-11/h1-6H,7H2. The highest BCUT2D eigenvalue weighted by molar-refractivity contribution is 9.11. The molecule has 3 rings (SSSR count). The quantitative estimate of drug-likeness (QED) is 0.743. The van der Waals surface area contributed by atoms with Crippen LogP contribution < -0.4 is 9.47 Å². The molecule has 1 aliphatic heterocycles. The Hall–Kier alpha value is -1.00. The lowest BCUT2D eigenvalue weighted by atomic mass is 10.0. The van der Waals surface area contributed by atoms with Crippen LogP contribution in [0.15, 0.2) is 45.3 Å². The molecule has 0 aliphatic carbocycles. The number of benzene rings is 2. The van der Waals surface area contributed by atoms with Gasteiger partial charge in [-0.15, -0.1) is 0 Å². The number of hydrogen-bond acceptors (Lipinski definition) is 2. The van der Waals surface area contributed by atoms with E-state index >= 15 is 0 Å². The van der Waals surface area contributed by atoms with Gasteiger partial charge in [-0.25, -0.2) is 0 Å². The fraction of sp³-hybridized carbons (Fsp3) is 0.0769. The minimum absolute atomic E-state index is 0.281. The van der Waals surface area contributed by atoms with E-state index in [1.165, 1.54) is 0 Å². The van der Waals surface area contributed by atoms with Crippen LogP contribution in [0.3, 0.4) is 0 Å². The van der Waals surface area contributed by atoms with Gasteiger partial charge in [0.25, 0.3) is 0 Å². The van der Waals surface area contributed by atoms with Gasteiger partial charge in [-0.2, -0.15) is 0 Å². The Labute approximate surface area is 116 Å². The second kappa shape index (κ2) is 4.35. The first-order chi connectivity index (χ1) is 8.27. The van der Waals surface area contributed by atoms with Gasteiger partial charge in [-0.1, -0.05) is 50.1 Å². The summed E-state index contributed by atoms with van der Waals surface area (Å²) in [5, 5.41) is 0. The normalized spacial score (nSPS) is 12.8. The summed E-state index contributed by atoms with van der Waals surface area (Å²) >= 11 is 7.12. The van der Waals surface area contributed by atoms with E-state index in [-0.39, 0.29) is 6.79 Å². The average molecular weight is 356 g/mol. The Morgan fingerprint density at radius 2 is 1.71 bits per heavy atom. The van der Waals surface area contributed by atoms with E-state index in [0.29, 0.717) is 0 Å². The number of fused-ring (bicyclic) bond motifs is 1. The molecule has 86 valence electrons. The van der Waals surface area contributed by atoms with Crippen molar-refractivity contribution in [3.63, 3.8) is 0 Å². The molecular formula is C13H8Br2O2. The number of hydrogen-bond donors (Lipinski definition) is 0. The summed E-state index contributed by atoms with van der Waals surface area (Å²) in [4.78, 5) is 0. The summed E-state index contributed by atoms with van der Waals surface area (Å²) in [6.07, 6.45) is 0. The van der Waals surface area contributed by atoms with E-state index in [1.807, 2.05) is 36.4 Å². The molecule has 17 heavy (non-hydrogen) atoms. The summed E-state index contributed by atoms with van der Waals surface area (Å²) in [7, 11) is 0. The maximum Gasteiger partial charge on any atom is 0.231 e. The van der Waals surface area contributed by atoms with Crippen LogP contribution in [0, 0.1) is 0 Å². The topological polar surface area (TPSA) is 18.5 Å². The molecule has 1 heterocycles. The van der Waals surface area contributed by atoms with Crippen LogP contribution in [-0.4, -0.2) is 6.79 Å². The molecule has 2 nitrogen and oxygen atoms in total. The van der Waals surface area contributed by atoms with E-state index in [0.717, 1.165) is 31.6 Å². The van der Waals surface area contributed by atoms with Crippen molar-refractivity contribution in [1.29, 1.82) is 0 Å². The summed E-state index contributed by atoms with van der Waals surface area (Å²) < 4.78 is 13.0. The Kier molecular flexibility index (Phi) is 2.84. The summed E-state index contributed by atoms with van der Waals surface area (Å²) in [6.45, 7) is 0.281. The molecule has 1 aliphatic rings. The Morgan fingerprint density at radius 1 is 0.882 bits per heavy atom. The van der Waals surface area contributed by atoms with Crippen molar-refractivity contribution in [2.24, 2.45) is 0 Å². The van der Waals surface area contributed by atoms with Crippen LogP contribution in [0.2, 0.25) is 0 Å². The molecule has 0 saturated carbocycles. The van der Waals surface area contributed by atoms with Gasteiger partial charge in [0.15, 0.2) is 11.5 Å². The lowest BCUT2D eigenvalue weighted by Crippen LogP contribution is -1.94. The molecule has 0 aromatic heterocycles. The second-order valence-electron chi connectivity index (χ2n) is 3.64. The van der Waals surface area contributed by atoms with E-state index in [9.17, 15) is 0 Å². The zero-order chi connectivity index (χ0) is 11.8. The molecule has 0 unspecified atom stereocenters. The second-order valence-corrected chi connectivity index (χ2v) is 5.34. The minimum Gasteiger partial charge on any atom is -0.454 e. The van der Waals surface area contributed by atoms with Crippen LogP contribution >= 0.6 is 31.9 Å². The molecular weight excluding hydrogens is 348 g/mol. The molecule has 4 heteroatoms. The molecule has 0 N–H and O–H groups in total. The Balaban J connectivity index is 2.28. The largest absolute Gasteiger partial charge is 0.454 e. The third kappa shape index (κ3) is 1.85. The van der Waals surface area contributed by atoms with Crippen LogP contribution in [0.1, 0.15) is 0 Å². The Morgan fingerprint density at radius 3 is 2.53 bits per heavy atom. The smallest absolute Gasteiger partial charge is 0.231 e. The van der Waals surface area contributed by atoms with Crippen molar-refractivity contribution in [3.05, 3.63) is 45.3 Å². The third-order valence-corrected chi connectivity index (χ3v) is 3.98. The maximum atomic E-state index is 5.55. The van der Waals surface area contributed by atoms with Gasteiger partial charge in [0.05, 0.1) is 0 Å². The van der Waals surface area contributed by atoms with Crippen molar-refractivity contribution >= 4 is 31.9 Å². The predicted molar refractivity (Wildman–Crippen MR) is 73.4 cm³/mol. The SMILES string of the molecule is Brc1ccccc1-c1c(Br)ccc2c1OCO2. The van der Waals surface area contributed by atoms with Crippen molar-refractivity contribution in [1.82, 2.24) is 0 Å². The van der Waals surface area contributed by atoms with E-state index in [2.05, 4.69) is 31.9 Å². The van der Waals surface area contributed by atoms with Crippen LogP contribution in [0.25, 0.3) is 11.1 Å². The van der Waals surface area contributed by atoms with Crippen molar-refractivity contribution < 1.29 is 9.47 Å². The molecule has 0 spiro atoms. The van der Waals surface area contributed by atoms with Gasteiger partial charge in [0.1, 0.15) is 0 Å². The zero-order valence-corrected chi connectivity index (χ0v) is 11.9. The third-order valence-electron chi connectivity index (χ3n) is 2.63. The summed E-state index contributed by atoms with van der Waals surface area (Å²) in [5.74, 6) is 1.59. The van der Waals surface area contributed by atoms with Gasteiger partial charge in [0, 0.05) is 20.1 Å². The Bertz CT molecular complexity index is 582.